The molecule has 0 spiro atoms. The molecule has 0 amide bonds. The van der Waals surface area contributed by atoms with E-state index in [4.69, 9.17) is 11.6 Å². The first-order valence-electron chi connectivity index (χ1n) is 4.55. The zero-order valence-electron chi connectivity index (χ0n) is 8.43. The number of halogens is 2. The Bertz CT molecular complexity index is 331. The first kappa shape index (κ1) is 11.8. The lowest BCUT2D eigenvalue weighted by Gasteiger charge is -1.94. The molecule has 0 radical (unpaired) electrons. The van der Waals surface area contributed by atoms with E-state index in [0.717, 1.165) is 34.6 Å². The monoisotopic (exact) mass is 276 g/mol. The van der Waals surface area contributed by atoms with Crippen LogP contribution in [0.2, 0.25) is 5.15 Å². The quantitative estimate of drug-likeness (QED) is 0.610. The Morgan fingerprint density at radius 2 is 2.21 bits per heavy atom. The van der Waals surface area contributed by atoms with Gasteiger partial charge < -0.3 is 0 Å². The minimum Gasteiger partial charge on any atom is -0.257 e. The molecular weight excluding hydrogens is 263 g/mol. The van der Waals surface area contributed by atoms with Crippen LogP contribution in [0.15, 0.2) is 12.2 Å². The standard InChI is InChI=1S/C10H14BrClN2/c1-8-9(6-4-3-5-7-11)10(12)14(2)13-8/h3-4H,5-7H2,1-2H3/b4-3+. The van der Waals surface area contributed by atoms with Gasteiger partial charge in [-0.2, -0.15) is 5.10 Å². The number of alkyl halides is 1. The molecule has 14 heavy (non-hydrogen) atoms. The number of hydrogen-bond acceptors (Lipinski definition) is 1. The molecule has 1 heterocycles. The van der Waals surface area contributed by atoms with Crippen LogP contribution in [0.5, 0.6) is 0 Å². The fraction of sp³-hybridized carbons (Fsp3) is 0.500. The molecule has 1 rings (SSSR count). The van der Waals surface area contributed by atoms with Crippen molar-refractivity contribution in [2.24, 2.45) is 7.05 Å². The molecule has 0 atom stereocenters. The van der Waals surface area contributed by atoms with Gasteiger partial charge in [0, 0.05) is 17.9 Å². The summed E-state index contributed by atoms with van der Waals surface area (Å²) in [5, 5.41) is 6.00. The van der Waals surface area contributed by atoms with Crippen molar-refractivity contribution in [3.63, 3.8) is 0 Å². The van der Waals surface area contributed by atoms with E-state index in [0.29, 0.717) is 0 Å². The maximum Gasteiger partial charge on any atom is 0.130 e. The SMILES string of the molecule is Cc1nn(C)c(Cl)c1C/C=C/CCBr. The van der Waals surface area contributed by atoms with Gasteiger partial charge in [0.05, 0.1) is 5.69 Å². The molecule has 0 saturated heterocycles. The minimum absolute atomic E-state index is 0.742. The molecule has 0 fully saturated rings. The van der Waals surface area contributed by atoms with Crippen molar-refractivity contribution in [1.29, 1.82) is 0 Å². The molecule has 1 aromatic rings. The van der Waals surface area contributed by atoms with Crippen molar-refractivity contribution < 1.29 is 0 Å². The van der Waals surface area contributed by atoms with Crippen molar-refractivity contribution in [2.45, 2.75) is 19.8 Å². The molecule has 0 aliphatic carbocycles. The molecule has 0 bridgehead atoms. The second kappa shape index (κ2) is 5.56. The molecule has 0 unspecified atom stereocenters. The van der Waals surface area contributed by atoms with E-state index in [9.17, 15) is 0 Å². The molecule has 0 aromatic carbocycles. The van der Waals surface area contributed by atoms with Crippen LogP contribution >= 0.6 is 27.5 Å². The average Bonchev–Trinajstić information content (AvgIpc) is 2.38. The Morgan fingerprint density at radius 3 is 2.71 bits per heavy atom. The number of allylic oxidation sites excluding steroid dienone is 2. The van der Waals surface area contributed by atoms with Gasteiger partial charge in [-0.3, -0.25) is 4.68 Å². The Balaban J connectivity index is 2.67. The van der Waals surface area contributed by atoms with Gasteiger partial charge in [0.15, 0.2) is 0 Å². The zero-order valence-corrected chi connectivity index (χ0v) is 10.8. The number of hydrogen-bond donors (Lipinski definition) is 0. The topological polar surface area (TPSA) is 17.8 Å². The molecule has 0 N–H and O–H groups in total. The van der Waals surface area contributed by atoms with Crippen molar-refractivity contribution in [2.75, 3.05) is 5.33 Å². The van der Waals surface area contributed by atoms with Gasteiger partial charge in [-0.15, -0.1) is 0 Å². The van der Waals surface area contributed by atoms with Gasteiger partial charge >= 0.3 is 0 Å². The second-order valence-corrected chi connectivity index (χ2v) is 4.28. The van der Waals surface area contributed by atoms with Crippen molar-refractivity contribution in [3.05, 3.63) is 28.6 Å². The molecule has 0 saturated carbocycles. The predicted octanol–water partition coefficient (Wildman–Crippen LogP) is 3.27. The lowest BCUT2D eigenvalue weighted by molar-refractivity contribution is 0.757. The average molecular weight is 278 g/mol. The number of aromatic nitrogens is 2. The first-order chi connectivity index (χ1) is 6.66. The summed E-state index contributed by atoms with van der Waals surface area (Å²) in [6, 6.07) is 0. The fourth-order valence-corrected chi connectivity index (χ4v) is 1.80. The van der Waals surface area contributed by atoms with Gasteiger partial charge in [-0.05, 0) is 19.8 Å². The highest BCUT2D eigenvalue weighted by molar-refractivity contribution is 9.09. The molecule has 2 nitrogen and oxygen atoms in total. The Morgan fingerprint density at radius 1 is 1.50 bits per heavy atom. The van der Waals surface area contributed by atoms with E-state index in [1.54, 1.807) is 4.68 Å². The zero-order chi connectivity index (χ0) is 10.6. The number of nitrogens with zero attached hydrogens (tertiary/aromatic N) is 2. The number of aryl methyl sites for hydroxylation is 2. The van der Waals surface area contributed by atoms with Gasteiger partial charge in [-0.25, -0.2) is 0 Å². The summed E-state index contributed by atoms with van der Waals surface area (Å²) in [5.41, 5.74) is 2.14. The van der Waals surface area contributed by atoms with Gasteiger partial charge in [-0.1, -0.05) is 39.7 Å². The largest absolute Gasteiger partial charge is 0.257 e. The van der Waals surface area contributed by atoms with Gasteiger partial charge in [0.25, 0.3) is 0 Å². The molecule has 0 aliphatic heterocycles. The van der Waals surface area contributed by atoms with E-state index in [1.807, 2.05) is 14.0 Å². The lowest BCUT2D eigenvalue weighted by atomic mass is 10.2. The second-order valence-electron chi connectivity index (χ2n) is 3.13. The van der Waals surface area contributed by atoms with Crippen LogP contribution in [0.1, 0.15) is 17.7 Å². The summed E-state index contributed by atoms with van der Waals surface area (Å²) in [5.74, 6) is 0. The molecule has 1 aromatic heterocycles. The van der Waals surface area contributed by atoms with E-state index in [1.165, 1.54) is 0 Å². The summed E-state index contributed by atoms with van der Waals surface area (Å²) in [7, 11) is 1.86. The molecule has 4 heteroatoms. The smallest absolute Gasteiger partial charge is 0.130 e. The lowest BCUT2D eigenvalue weighted by Crippen LogP contribution is -1.89. The highest BCUT2D eigenvalue weighted by Crippen LogP contribution is 2.19. The molecule has 0 aliphatic rings. The summed E-state index contributed by atoms with van der Waals surface area (Å²) >= 11 is 9.46. The van der Waals surface area contributed by atoms with E-state index in [2.05, 4.69) is 33.2 Å². The summed E-state index contributed by atoms with van der Waals surface area (Å²) in [6.07, 6.45) is 6.21. The predicted molar refractivity (Wildman–Crippen MR) is 64.2 cm³/mol. The van der Waals surface area contributed by atoms with E-state index in [-0.39, 0.29) is 0 Å². The molecular formula is C10H14BrClN2. The van der Waals surface area contributed by atoms with Gasteiger partial charge in [0.1, 0.15) is 5.15 Å². The Labute approximate surface area is 98.1 Å². The van der Waals surface area contributed by atoms with Crippen molar-refractivity contribution in [3.8, 4) is 0 Å². The normalized spacial score (nSPS) is 11.4. The van der Waals surface area contributed by atoms with Crippen LogP contribution in [-0.2, 0) is 13.5 Å². The van der Waals surface area contributed by atoms with Crippen LogP contribution in [0.3, 0.4) is 0 Å². The van der Waals surface area contributed by atoms with Crippen LogP contribution in [-0.4, -0.2) is 15.1 Å². The third-order valence-corrected chi connectivity index (χ3v) is 2.96. The highest BCUT2D eigenvalue weighted by atomic mass is 79.9. The molecule has 78 valence electrons. The summed E-state index contributed by atoms with van der Waals surface area (Å²) < 4.78 is 1.71. The fourth-order valence-electron chi connectivity index (χ4n) is 1.29. The summed E-state index contributed by atoms with van der Waals surface area (Å²) in [4.78, 5) is 0. The van der Waals surface area contributed by atoms with Crippen LogP contribution in [0.25, 0.3) is 0 Å². The third-order valence-electron chi connectivity index (χ3n) is 2.03. The van der Waals surface area contributed by atoms with Crippen LogP contribution in [0, 0.1) is 6.92 Å². The Hall–Kier alpha value is -0.280. The van der Waals surface area contributed by atoms with Crippen LogP contribution < -0.4 is 0 Å². The highest BCUT2D eigenvalue weighted by Gasteiger charge is 2.08. The van der Waals surface area contributed by atoms with Crippen molar-refractivity contribution in [1.82, 2.24) is 9.78 Å². The maximum absolute atomic E-state index is 6.08. The summed E-state index contributed by atoms with van der Waals surface area (Å²) in [6.45, 7) is 1.99. The first-order valence-corrected chi connectivity index (χ1v) is 6.05. The third kappa shape index (κ3) is 2.85. The van der Waals surface area contributed by atoms with Gasteiger partial charge in [0.2, 0.25) is 0 Å². The maximum atomic E-state index is 6.08. The van der Waals surface area contributed by atoms with Crippen molar-refractivity contribution >= 4 is 27.5 Å². The Kier molecular flexibility index (Phi) is 4.69. The van der Waals surface area contributed by atoms with Crippen LogP contribution in [0.4, 0.5) is 0 Å². The van der Waals surface area contributed by atoms with E-state index < -0.39 is 0 Å². The minimum atomic E-state index is 0.742. The number of rotatable bonds is 4. The van der Waals surface area contributed by atoms with E-state index >= 15 is 0 Å².